The van der Waals surface area contributed by atoms with Crippen LogP contribution in [0.5, 0.6) is 0 Å². The molecule has 4 unspecified atom stereocenters. The normalized spacial score (nSPS) is 34.3. The van der Waals surface area contributed by atoms with E-state index in [0.29, 0.717) is 52.9 Å². The van der Waals surface area contributed by atoms with Crippen LogP contribution in [0, 0.1) is 0 Å². The minimum atomic E-state index is 0. The minimum Gasteiger partial charge on any atom is -0.377 e. The first kappa shape index (κ1) is 26.5. The molecule has 3 aliphatic rings. The topological polar surface area (TPSA) is 55.4 Å². The molecule has 3 fully saturated rings. The maximum Gasteiger partial charge on any atom is 1.00 e. The number of rotatable bonds is 0. The van der Waals surface area contributed by atoms with Gasteiger partial charge in [0.1, 0.15) is 0 Å². The Kier molecular flexibility index (Phi) is 15.3. The van der Waals surface area contributed by atoms with Crippen LogP contribution >= 0.6 is 0 Å². The molecule has 0 N–H and O–H groups in total. The molecule has 0 aromatic heterocycles. The largest absolute Gasteiger partial charge is 1.00 e. The van der Waals surface area contributed by atoms with Crippen molar-refractivity contribution in [3.63, 3.8) is 0 Å². The summed E-state index contributed by atoms with van der Waals surface area (Å²) in [7, 11) is 0. The molecule has 0 spiro atoms. The van der Waals surface area contributed by atoms with Gasteiger partial charge < -0.3 is 28.4 Å². The molecule has 1 saturated heterocycles. The summed E-state index contributed by atoms with van der Waals surface area (Å²) in [6.07, 6.45) is 9.93. The number of ether oxygens (including phenoxy) is 6. The van der Waals surface area contributed by atoms with Crippen LogP contribution in [-0.4, -0.2) is 85.7 Å². The number of fused-ring (bicyclic) bond motifs is 2. The van der Waals surface area contributed by atoms with Gasteiger partial charge in [-0.3, -0.25) is 0 Å². The molecular formula is C20H40BLiO6. The van der Waals surface area contributed by atoms with Gasteiger partial charge in [0, 0.05) is 0 Å². The van der Waals surface area contributed by atoms with Gasteiger partial charge in [0.05, 0.1) is 77.3 Å². The van der Waals surface area contributed by atoms with Crippen molar-refractivity contribution in [2.24, 2.45) is 0 Å². The Morgan fingerprint density at radius 2 is 0.643 bits per heavy atom. The van der Waals surface area contributed by atoms with Crippen LogP contribution in [0.2, 0.25) is 0 Å². The molecule has 0 amide bonds. The van der Waals surface area contributed by atoms with Crippen LogP contribution in [0.3, 0.4) is 0 Å². The average molecular weight is 394 g/mol. The van der Waals surface area contributed by atoms with Gasteiger partial charge in [-0.05, 0) is 25.7 Å². The van der Waals surface area contributed by atoms with Crippen molar-refractivity contribution in [3.8, 4) is 0 Å². The van der Waals surface area contributed by atoms with E-state index >= 15 is 0 Å². The average Bonchev–Trinajstić information content (AvgIpc) is 2.68. The molecule has 0 radical (unpaired) electrons. The van der Waals surface area contributed by atoms with E-state index in [1.807, 2.05) is 0 Å². The summed E-state index contributed by atoms with van der Waals surface area (Å²) in [6.45, 7) is 4.93. The molecule has 8 heteroatoms. The van der Waals surface area contributed by atoms with Crippen molar-refractivity contribution in [3.05, 3.63) is 0 Å². The van der Waals surface area contributed by atoms with Gasteiger partial charge in [0.25, 0.3) is 0 Å². The Morgan fingerprint density at radius 1 is 0.393 bits per heavy atom. The van der Waals surface area contributed by atoms with Gasteiger partial charge in [-0.25, -0.2) is 0 Å². The van der Waals surface area contributed by atoms with E-state index in [2.05, 4.69) is 0 Å². The van der Waals surface area contributed by atoms with E-state index in [9.17, 15) is 0 Å². The first-order valence-electron chi connectivity index (χ1n) is 10.6. The molecule has 0 bridgehead atoms. The molecule has 4 atom stereocenters. The minimum absolute atomic E-state index is 0. The van der Waals surface area contributed by atoms with E-state index < -0.39 is 0 Å². The molecule has 160 valence electrons. The van der Waals surface area contributed by atoms with Crippen molar-refractivity contribution in [2.75, 3.05) is 52.9 Å². The molecule has 2 saturated carbocycles. The molecular weight excluding hydrogens is 354 g/mol. The standard InChI is InChI=1S/C20H36O6.BH4.Li/c1-2-6-18-17(5-1)23-13-9-21-11-15-25-19-7-3-4-8-20(19)26-16-12-22-10-14-24-18;;/h17-20H,1-16H2;1H4;/q;-1;+1. The molecule has 28 heavy (non-hydrogen) atoms. The summed E-state index contributed by atoms with van der Waals surface area (Å²) in [4.78, 5) is 0. The van der Waals surface area contributed by atoms with Crippen LogP contribution in [0.15, 0.2) is 0 Å². The Hall–Kier alpha value is 0.422. The predicted molar refractivity (Wildman–Crippen MR) is 109 cm³/mol. The fourth-order valence-corrected chi connectivity index (χ4v) is 4.13. The van der Waals surface area contributed by atoms with Crippen molar-refractivity contribution >= 4 is 8.41 Å². The number of hydrogen-bond acceptors (Lipinski definition) is 6. The zero-order chi connectivity index (χ0) is 17.9. The smallest absolute Gasteiger partial charge is 0.377 e. The van der Waals surface area contributed by atoms with E-state index in [1.54, 1.807) is 0 Å². The maximum absolute atomic E-state index is 6.03. The Balaban J connectivity index is 0.00000196. The zero-order valence-electron chi connectivity index (χ0n) is 17.1. The summed E-state index contributed by atoms with van der Waals surface area (Å²) >= 11 is 0. The van der Waals surface area contributed by atoms with Gasteiger partial charge in [-0.15, -0.1) is 0 Å². The monoisotopic (exact) mass is 394 g/mol. The Morgan fingerprint density at radius 3 is 0.893 bits per heavy atom. The first-order chi connectivity index (χ1) is 12.9. The van der Waals surface area contributed by atoms with Crippen molar-refractivity contribution < 1.29 is 47.3 Å². The Bertz CT molecular complexity index is 313. The summed E-state index contributed by atoms with van der Waals surface area (Å²) in [5.41, 5.74) is 0. The molecule has 1 heterocycles. The molecule has 2 aliphatic carbocycles. The van der Waals surface area contributed by atoms with Crippen LogP contribution in [-0.2, 0) is 28.4 Å². The van der Waals surface area contributed by atoms with Crippen molar-refractivity contribution in [2.45, 2.75) is 75.8 Å². The van der Waals surface area contributed by atoms with Crippen molar-refractivity contribution in [1.82, 2.24) is 0 Å². The van der Waals surface area contributed by atoms with Crippen LogP contribution in [0.25, 0.3) is 0 Å². The Labute approximate surface area is 184 Å². The van der Waals surface area contributed by atoms with E-state index in [4.69, 9.17) is 28.4 Å². The molecule has 1 aliphatic heterocycles. The van der Waals surface area contributed by atoms with E-state index in [1.165, 1.54) is 25.7 Å². The predicted octanol–water partition coefficient (Wildman–Crippen LogP) is -1.73. The van der Waals surface area contributed by atoms with Gasteiger partial charge in [0.2, 0.25) is 0 Å². The van der Waals surface area contributed by atoms with Crippen molar-refractivity contribution in [1.29, 1.82) is 0 Å². The second kappa shape index (κ2) is 16.2. The molecule has 3 rings (SSSR count). The van der Waals surface area contributed by atoms with E-state index in [-0.39, 0.29) is 51.7 Å². The second-order valence-electron chi connectivity index (χ2n) is 7.43. The third-order valence-corrected chi connectivity index (χ3v) is 5.52. The third kappa shape index (κ3) is 9.49. The molecule has 6 nitrogen and oxygen atoms in total. The molecule has 0 aromatic rings. The summed E-state index contributed by atoms with van der Waals surface area (Å²) in [5, 5.41) is 0. The fraction of sp³-hybridized carbons (Fsp3) is 1.00. The van der Waals surface area contributed by atoms with Gasteiger partial charge in [-0.2, -0.15) is 0 Å². The second-order valence-corrected chi connectivity index (χ2v) is 7.43. The van der Waals surface area contributed by atoms with Gasteiger partial charge >= 0.3 is 18.9 Å². The SMILES string of the molecule is C1CCC2OCCOCCOC3CCCCC3OCCOCCOC2C1.[BH4-].[Li+]. The summed E-state index contributed by atoms with van der Waals surface area (Å²) in [6, 6.07) is 0. The van der Waals surface area contributed by atoms with Gasteiger partial charge in [0.15, 0.2) is 0 Å². The quantitative estimate of drug-likeness (QED) is 0.456. The zero-order valence-corrected chi connectivity index (χ0v) is 17.1. The maximum atomic E-state index is 6.03. The van der Waals surface area contributed by atoms with Crippen LogP contribution in [0.1, 0.15) is 51.4 Å². The molecule has 0 aromatic carbocycles. The third-order valence-electron chi connectivity index (χ3n) is 5.52. The fourth-order valence-electron chi connectivity index (χ4n) is 4.13. The van der Waals surface area contributed by atoms with E-state index in [0.717, 1.165) is 25.7 Å². The first-order valence-corrected chi connectivity index (χ1v) is 10.6. The van der Waals surface area contributed by atoms with Crippen LogP contribution < -0.4 is 18.9 Å². The summed E-state index contributed by atoms with van der Waals surface area (Å²) < 4.78 is 35.5. The van der Waals surface area contributed by atoms with Gasteiger partial charge in [-0.1, -0.05) is 34.1 Å². The van der Waals surface area contributed by atoms with Crippen LogP contribution in [0.4, 0.5) is 0 Å². The summed E-state index contributed by atoms with van der Waals surface area (Å²) in [5.74, 6) is 0. The number of hydrogen-bond donors (Lipinski definition) is 0.